The van der Waals surface area contributed by atoms with Gasteiger partial charge < -0.3 is 15.4 Å². The topological polar surface area (TPSA) is 58.2 Å². The molecule has 4 nitrogen and oxygen atoms in total. The van der Waals surface area contributed by atoms with Gasteiger partial charge in [-0.3, -0.25) is 4.79 Å². The van der Waals surface area contributed by atoms with Crippen LogP contribution in [0.25, 0.3) is 0 Å². The Labute approximate surface area is 107 Å². The van der Waals surface area contributed by atoms with Gasteiger partial charge >= 0.3 is 0 Å². The minimum Gasteiger partial charge on any atom is -0.326 e. The molecule has 0 bridgehead atoms. The molecule has 0 saturated carbocycles. The molecule has 2 N–H and O–H groups in total. The van der Waals surface area contributed by atoms with Crippen LogP contribution >= 0.6 is 0 Å². The Kier molecular flexibility index (Phi) is 4.10. The molecular formula is C14H18N2O2. The van der Waals surface area contributed by atoms with Crippen LogP contribution in [0.4, 0.5) is 5.69 Å². The van der Waals surface area contributed by atoms with Crippen LogP contribution in [0.1, 0.15) is 30.9 Å². The number of amides is 1. The number of nitrogens with one attached hydrogen (secondary N) is 2. The smallest absolute Gasteiger partial charge is 0.228 e. The first-order valence-corrected chi connectivity index (χ1v) is 6.27. The lowest BCUT2D eigenvalue weighted by Gasteiger charge is -2.06. The Morgan fingerprint density at radius 2 is 2.28 bits per heavy atom. The van der Waals surface area contributed by atoms with Gasteiger partial charge in [0.05, 0.1) is 6.42 Å². The number of benzene rings is 1. The van der Waals surface area contributed by atoms with E-state index in [4.69, 9.17) is 0 Å². The van der Waals surface area contributed by atoms with E-state index < -0.39 is 0 Å². The first-order valence-electron chi connectivity index (χ1n) is 6.27. The van der Waals surface area contributed by atoms with Gasteiger partial charge in [-0.2, -0.15) is 0 Å². The van der Waals surface area contributed by atoms with E-state index in [2.05, 4.69) is 16.7 Å². The quantitative estimate of drug-likeness (QED) is 0.750. The number of rotatable bonds is 6. The first kappa shape index (κ1) is 12.8. The monoisotopic (exact) mass is 246 g/mol. The van der Waals surface area contributed by atoms with Crippen molar-refractivity contribution in [2.75, 3.05) is 11.9 Å². The molecule has 0 spiro atoms. The molecule has 0 aliphatic carbocycles. The Hall–Kier alpha value is -1.68. The van der Waals surface area contributed by atoms with Crippen LogP contribution in [-0.4, -0.2) is 18.2 Å². The summed E-state index contributed by atoms with van der Waals surface area (Å²) < 4.78 is 0. The van der Waals surface area contributed by atoms with E-state index in [9.17, 15) is 9.59 Å². The molecule has 2 rings (SSSR count). The van der Waals surface area contributed by atoms with Gasteiger partial charge in [0, 0.05) is 18.7 Å². The van der Waals surface area contributed by atoms with Crippen LogP contribution < -0.4 is 10.6 Å². The van der Waals surface area contributed by atoms with Gasteiger partial charge in [0.1, 0.15) is 5.78 Å². The molecule has 0 aromatic heterocycles. The molecule has 1 aliphatic rings. The molecular weight excluding hydrogens is 228 g/mol. The summed E-state index contributed by atoms with van der Waals surface area (Å²) in [6.45, 7) is 3.23. The number of carbonyl (C=O) groups is 2. The summed E-state index contributed by atoms with van der Waals surface area (Å²) in [5.74, 6) is 0.301. The van der Waals surface area contributed by atoms with Gasteiger partial charge in [0.15, 0.2) is 0 Å². The minimum atomic E-state index is 0.0663. The highest BCUT2D eigenvalue weighted by Crippen LogP contribution is 2.23. The second-order valence-electron chi connectivity index (χ2n) is 4.70. The number of anilines is 1. The molecule has 0 atom stereocenters. The summed E-state index contributed by atoms with van der Waals surface area (Å²) in [7, 11) is 0. The Morgan fingerprint density at radius 3 is 3.06 bits per heavy atom. The summed E-state index contributed by atoms with van der Waals surface area (Å²) in [5.41, 5.74) is 3.18. The standard InChI is InChI=1S/C14H18N2O2/c1-10(17)3-2-6-15-9-11-4-5-13-12(7-11)8-14(18)16-13/h4-5,7,15H,2-3,6,8-9H2,1H3,(H,16,18). The molecule has 0 saturated heterocycles. The van der Waals surface area contributed by atoms with Gasteiger partial charge in [-0.1, -0.05) is 12.1 Å². The van der Waals surface area contributed by atoms with Crippen LogP contribution in [0, 0.1) is 0 Å². The lowest BCUT2D eigenvalue weighted by atomic mass is 10.1. The fraction of sp³-hybridized carbons (Fsp3) is 0.429. The van der Waals surface area contributed by atoms with Gasteiger partial charge in [-0.25, -0.2) is 0 Å². The highest BCUT2D eigenvalue weighted by molar-refractivity contribution is 5.99. The van der Waals surface area contributed by atoms with Gasteiger partial charge in [0.25, 0.3) is 0 Å². The molecule has 0 radical (unpaired) electrons. The number of fused-ring (bicyclic) bond motifs is 1. The summed E-state index contributed by atoms with van der Waals surface area (Å²) in [5, 5.41) is 6.12. The fourth-order valence-corrected chi connectivity index (χ4v) is 2.09. The van der Waals surface area contributed by atoms with E-state index in [1.54, 1.807) is 6.92 Å². The second kappa shape index (κ2) is 5.78. The largest absolute Gasteiger partial charge is 0.326 e. The zero-order valence-corrected chi connectivity index (χ0v) is 10.6. The molecule has 0 fully saturated rings. The molecule has 1 aliphatic heterocycles. The number of Topliss-reactive ketones (excluding diaryl/α,β-unsaturated/α-hetero) is 1. The lowest BCUT2D eigenvalue weighted by Crippen LogP contribution is -2.15. The van der Waals surface area contributed by atoms with Crippen molar-refractivity contribution in [2.45, 2.75) is 32.7 Å². The van der Waals surface area contributed by atoms with Crippen molar-refractivity contribution in [1.82, 2.24) is 5.32 Å². The Balaban J connectivity index is 1.79. The zero-order chi connectivity index (χ0) is 13.0. The van der Waals surface area contributed by atoms with Crippen molar-refractivity contribution >= 4 is 17.4 Å². The maximum atomic E-state index is 11.2. The molecule has 96 valence electrons. The van der Waals surface area contributed by atoms with E-state index in [0.29, 0.717) is 12.8 Å². The van der Waals surface area contributed by atoms with Crippen molar-refractivity contribution in [3.8, 4) is 0 Å². The minimum absolute atomic E-state index is 0.0663. The predicted octanol–water partition coefficient (Wildman–Crippen LogP) is 1.64. The van der Waals surface area contributed by atoms with Crippen LogP contribution in [0.2, 0.25) is 0 Å². The van der Waals surface area contributed by atoms with E-state index in [0.717, 1.165) is 30.8 Å². The van der Waals surface area contributed by atoms with Crippen molar-refractivity contribution < 1.29 is 9.59 Å². The van der Waals surface area contributed by atoms with E-state index in [-0.39, 0.29) is 11.7 Å². The summed E-state index contributed by atoms with van der Waals surface area (Å²) >= 11 is 0. The van der Waals surface area contributed by atoms with Crippen LogP contribution in [-0.2, 0) is 22.6 Å². The number of hydrogen-bond donors (Lipinski definition) is 2. The molecule has 4 heteroatoms. The van der Waals surface area contributed by atoms with Gasteiger partial charge in [-0.15, -0.1) is 0 Å². The number of ketones is 1. The zero-order valence-electron chi connectivity index (χ0n) is 10.6. The fourth-order valence-electron chi connectivity index (χ4n) is 2.09. The number of carbonyl (C=O) groups excluding carboxylic acids is 2. The number of hydrogen-bond acceptors (Lipinski definition) is 3. The first-order chi connectivity index (χ1) is 8.65. The van der Waals surface area contributed by atoms with Crippen molar-refractivity contribution in [2.24, 2.45) is 0 Å². The summed E-state index contributed by atoms with van der Waals surface area (Å²) in [6.07, 6.45) is 1.99. The third-order valence-electron chi connectivity index (χ3n) is 3.01. The average molecular weight is 246 g/mol. The molecule has 18 heavy (non-hydrogen) atoms. The molecule has 1 amide bonds. The Bertz CT molecular complexity index is 469. The molecule has 1 heterocycles. The molecule has 1 aromatic rings. The molecule has 0 unspecified atom stereocenters. The van der Waals surface area contributed by atoms with Gasteiger partial charge in [-0.05, 0) is 37.1 Å². The molecule has 1 aromatic carbocycles. The third kappa shape index (κ3) is 3.40. The SMILES string of the molecule is CC(=O)CCCNCc1ccc2c(c1)CC(=O)N2. The van der Waals surface area contributed by atoms with Crippen LogP contribution in [0.5, 0.6) is 0 Å². The highest BCUT2D eigenvalue weighted by Gasteiger charge is 2.16. The van der Waals surface area contributed by atoms with E-state index >= 15 is 0 Å². The third-order valence-corrected chi connectivity index (χ3v) is 3.01. The average Bonchev–Trinajstić information content (AvgIpc) is 2.67. The highest BCUT2D eigenvalue weighted by atomic mass is 16.1. The van der Waals surface area contributed by atoms with E-state index in [1.165, 1.54) is 5.56 Å². The van der Waals surface area contributed by atoms with Crippen molar-refractivity contribution in [1.29, 1.82) is 0 Å². The predicted molar refractivity (Wildman–Crippen MR) is 70.4 cm³/mol. The van der Waals surface area contributed by atoms with Crippen molar-refractivity contribution in [3.05, 3.63) is 29.3 Å². The Morgan fingerprint density at radius 1 is 1.44 bits per heavy atom. The van der Waals surface area contributed by atoms with Crippen LogP contribution in [0.15, 0.2) is 18.2 Å². The summed E-state index contributed by atoms with van der Waals surface area (Å²) in [6, 6.07) is 6.03. The van der Waals surface area contributed by atoms with Crippen LogP contribution in [0.3, 0.4) is 0 Å². The van der Waals surface area contributed by atoms with Crippen molar-refractivity contribution in [3.63, 3.8) is 0 Å². The lowest BCUT2D eigenvalue weighted by molar-refractivity contribution is -0.117. The van der Waals surface area contributed by atoms with E-state index in [1.807, 2.05) is 12.1 Å². The summed E-state index contributed by atoms with van der Waals surface area (Å²) in [4.78, 5) is 22.0. The maximum absolute atomic E-state index is 11.2. The maximum Gasteiger partial charge on any atom is 0.228 e. The normalized spacial score (nSPS) is 13.3. The van der Waals surface area contributed by atoms with Gasteiger partial charge in [0.2, 0.25) is 5.91 Å². The second-order valence-corrected chi connectivity index (χ2v) is 4.70.